The van der Waals surface area contributed by atoms with Crippen molar-refractivity contribution in [3.8, 4) is 0 Å². The zero-order valence-corrected chi connectivity index (χ0v) is 18.1. The molecule has 29 heavy (non-hydrogen) atoms. The van der Waals surface area contributed by atoms with Crippen molar-refractivity contribution in [2.24, 2.45) is 0 Å². The van der Waals surface area contributed by atoms with Crippen LogP contribution in [-0.4, -0.2) is 42.1 Å². The van der Waals surface area contributed by atoms with Gasteiger partial charge in [0.15, 0.2) is 5.78 Å². The first-order chi connectivity index (χ1) is 14.0. The fourth-order valence-electron chi connectivity index (χ4n) is 2.56. The number of hydrogen-bond acceptors (Lipinski definition) is 6. The molecule has 0 unspecified atom stereocenters. The predicted octanol–water partition coefficient (Wildman–Crippen LogP) is 4.45. The average Bonchev–Trinajstić information content (AvgIpc) is 2.69. The first-order valence-corrected chi connectivity index (χ1v) is 10.8. The van der Waals surface area contributed by atoms with Gasteiger partial charge in [0.2, 0.25) is 0 Å². The van der Waals surface area contributed by atoms with Gasteiger partial charge in [0.1, 0.15) is 19.3 Å². The quantitative estimate of drug-likeness (QED) is 0.155. The Kier molecular flexibility index (Phi) is 18.1. The molecule has 1 atom stereocenters. The van der Waals surface area contributed by atoms with E-state index in [1.165, 1.54) is 6.92 Å². The van der Waals surface area contributed by atoms with E-state index in [4.69, 9.17) is 4.74 Å². The molecule has 6 heteroatoms. The van der Waals surface area contributed by atoms with Gasteiger partial charge in [-0.2, -0.15) is 0 Å². The van der Waals surface area contributed by atoms with Crippen molar-refractivity contribution in [2.75, 3.05) is 13.2 Å². The molecule has 0 radical (unpaired) electrons. The third-order valence-corrected chi connectivity index (χ3v) is 4.22. The van der Waals surface area contributed by atoms with Gasteiger partial charge in [0.25, 0.3) is 0 Å². The van der Waals surface area contributed by atoms with Gasteiger partial charge in [-0.3, -0.25) is 14.4 Å². The Bertz CT molecular complexity index is 509. The minimum atomic E-state index is -0.982. The van der Waals surface area contributed by atoms with E-state index >= 15 is 0 Å². The first kappa shape index (κ1) is 27.0. The van der Waals surface area contributed by atoms with E-state index in [1.807, 2.05) is 12.2 Å². The number of allylic oxidation sites excluding steroid dienone is 4. The summed E-state index contributed by atoms with van der Waals surface area (Å²) in [6.07, 6.45) is 16.6. The lowest BCUT2D eigenvalue weighted by Crippen LogP contribution is -2.24. The molecule has 0 amide bonds. The van der Waals surface area contributed by atoms with Gasteiger partial charge >= 0.3 is 11.9 Å². The Balaban J connectivity index is 3.51. The van der Waals surface area contributed by atoms with Crippen LogP contribution < -0.4 is 0 Å². The standard InChI is InChI=1S/C23H38O6/c1-3-4-12-15-21(25)16-13-10-8-6-5-7-9-11-14-17-23(27)29-19-22(26)18-28-20(2)24/h8,10,13,16,22,26H,3-7,9,11-12,14-15,17-19H2,1-2H3/b10-8-,16-13+/t22-/m0/s1. The molecule has 0 spiro atoms. The van der Waals surface area contributed by atoms with Crippen LogP contribution in [0.1, 0.15) is 84.5 Å². The van der Waals surface area contributed by atoms with Crippen molar-refractivity contribution in [2.45, 2.75) is 90.6 Å². The molecule has 0 rings (SSSR count). The zero-order valence-electron chi connectivity index (χ0n) is 18.1. The first-order valence-electron chi connectivity index (χ1n) is 10.8. The highest BCUT2D eigenvalue weighted by Crippen LogP contribution is 2.08. The van der Waals surface area contributed by atoms with Gasteiger partial charge in [-0.25, -0.2) is 0 Å². The summed E-state index contributed by atoms with van der Waals surface area (Å²) in [4.78, 5) is 33.7. The fourth-order valence-corrected chi connectivity index (χ4v) is 2.56. The topological polar surface area (TPSA) is 89.9 Å². The molecule has 0 aromatic heterocycles. The number of ketones is 1. The number of ether oxygens (including phenoxy) is 2. The molecule has 0 saturated heterocycles. The number of carbonyl (C=O) groups excluding carboxylic acids is 3. The van der Waals surface area contributed by atoms with Crippen molar-refractivity contribution in [3.05, 3.63) is 24.3 Å². The van der Waals surface area contributed by atoms with Crippen LogP contribution in [0.4, 0.5) is 0 Å². The van der Waals surface area contributed by atoms with Crippen molar-refractivity contribution < 1.29 is 29.0 Å². The van der Waals surface area contributed by atoms with E-state index in [-0.39, 0.29) is 25.0 Å². The van der Waals surface area contributed by atoms with E-state index < -0.39 is 12.1 Å². The molecule has 6 nitrogen and oxygen atoms in total. The monoisotopic (exact) mass is 410 g/mol. The van der Waals surface area contributed by atoms with Crippen molar-refractivity contribution in [1.82, 2.24) is 0 Å². The summed E-state index contributed by atoms with van der Waals surface area (Å²) < 4.78 is 9.57. The Labute approximate surface area is 175 Å². The van der Waals surface area contributed by atoms with Crippen LogP contribution in [-0.2, 0) is 23.9 Å². The molecule has 0 heterocycles. The van der Waals surface area contributed by atoms with Gasteiger partial charge in [-0.05, 0) is 31.8 Å². The third-order valence-electron chi connectivity index (χ3n) is 4.22. The number of carbonyl (C=O) groups is 3. The molecule has 0 saturated carbocycles. The second kappa shape index (κ2) is 19.4. The van der Waals surface area contributed by atoms with E-state index in [0.717, 1.165) is 57.8 Å². The summed E-state index contributed by atoms with van der Waals surface area (Å²) in [6.45, 7) is 3.06. The number of esters is 2. The molecule has 0 aromatic rings. The van der Waals surface area contributed by atoms with Crippen molar-refractivity contribution in [1.29, 1.82) is 0 Å². The van der Waals surface area contributed by atoms with Crippen LogP contribution in [0.3, 0.4) is 0 Å². The van der Waals surface area contributed by atoms with E-state index in [9.17, 15) is 19.5 Å². The summed E-state index contributed by atoms with van der Waals surface area (Å²) in [7, 11) is 0. The molecular formula is C23H38O6. The molecule has 166 valence electrons. The minimum Gasteiger partial charge on any atom is -0.463 e. The SMILES string of the molecule is CCCCCC(=O)/C=C/C=C\CCCCCCCC(=O)OC[C@@H](O)COC(C)=O. The van der Waals surface area contributed by atoms with Gasteiger partial charge in [0, 0.05) is 19.8 Å². The van der Waals surface area contributed by atoms with Crippen LogP contribution in [0.2, 0.25) is 0 Å². The van der Waals surface area contributed by atoms with E-state index in [1.54, 1.807) is 6.08 Å². The van der Waals surface area contributed by atoms with Gasteiger partial charge in [0.05, 0.1) is 0 Å². The number of aliphatic hydroxyl groups is 1. The van der Waals surface area contributed by atoms with Crippen molar-refractivity contribution in [3.63, 3.8) is 0 Å². The summed E-state index contributed by atoms with van der Waals surface area (Å²) in [6, 6.07) is 0. The number of aliphatic hydroxyl groups excluding tert-OH is 1. The zero-order chi connectivity index (χ0) is 21.7. The molecule has 0 aliphatic carbocycles. The van der Waals surface area contributed by atoms with Gasteiger partial charge < -0.3 is 14.6 Å². The lowest BCUT2D eigenvalue weighted by atomic mass is 10.1. The molecular weight excluding hydrogens is 372 g/mol. The van der Waals surface area contributed by atoms with Crippen LogP contribution in [0.5, 0.6) is 0 Å². The van der Waals surface area contributed by atoms with E-state index in [0.29, 0.717) is 12.8 Å². The lowest BCUT2D eigenvalue weighted by Gasteiger charge is -2.11. The predicted molar refractivity (Wildman–Crippen MR) is 113 cm³/mol. The highest BCUT2D eigenvalue weighted by atomic mass is 16.6. The highest BCUT2D eigenvalue weighted by molar-refractivity contribution is 5.89. The van der Waals surface area contributed by atoms with Gasteiger partial charge in [-0.15, -0.1) is 0 Å². The molecule has 1 N–H and O–H groups in total. The minimum absolute atomic E-state index is 0.156. The van der Waals surface area contributed by atoms with Crippen LogP contribution in [0.25, 0.3) is 0 Å². The smallest absolute Gasteiger partial charge is 0.305 e. The number of unbranched alkanes of at least 4 members (excludes halogenated alkanes) is 7. The summed E-state index contributed by atoms with van der Waals surface area (Å²) in [5, 5.41) is 9.48. The number of hydrogen-bond donors (Lipinski definition) is 1. The summed E-state index contributed by atoms with van der Waals surface area (Å²) in [5.74, 6) is -0.624. The normalized spacial score (nSPS) is 12.4. The van der Waals surface area contributed by atoms with Crippen LogP contribution in [0, 0.1) is 0 Å². The Morgan fingerprint density at radius 3 is 2.24 bits per heavy atom. The Hall–Kier alpha value is -1.95. The second-order valence-corrected chi connectivity index (χ2v) is 7.16. The molecule has 0 aliphatic heterocycles. The van der Waals surface area contributed by atoms with Crippen LogP contribution in [0.15, 0.2) is 24.3 Å². The molecule has 0 fully saturated rings. The van der Waals surface area contributed by atoms with Crippen LogP contribution >= 0.6 is 0 Å². The second-order valence-electron chi connectivity index (χ2n) is 7.16. The molecule has 0 aliphatic rings. The maximum absolute atomic E-state index is 11.6. The molecule has 0 bridgehead atoms. The maximum atomic E-state index is 11.6. The van der Waals surface area contributed by atoms with E-state index in [2.05, 4.69) is 17.7 Å². The summed E-state index contributed by atoms with van der Waals surface area (Å²) in [5.41, 5.74) is 0. The largest absolute Gasteiger partial charge is 0.463 e. The lowest BCUT2D eigenvalue weighted by molar-refractivity contribution is -0.151. The van der Waals surface area contributed by atoms with Gasteiger partial charge in [-0.1, -0.05) is 57.3 Å². The molecule has 0 aromatic carbocycles. The highest BCUT2D eigenvalue weighted by Gasteiger charge is 2.10. The average molecular weight is 411 g/mol. The Morgan fingerprint density at radius 2 is 1.52 bits per heavy atom. The number of rotatable bonds is 18. The Morgan fingerprint density at radius 1 is 0.862 bits per heavy atom. The maximum Gasteiger partial charge on any atom is 0.305 e. The third kappa shape index (κ3) is 20.6. The fraction of sp³-hybridized carbons (Fsp3) is 0.696. The van der Waals surface area contributed by atoms with Crippen molar-refractivity contribution >= 4 is 17.7 Å². The summed E-state index contributed by atoms with van der Waals surface area (Å²) >= 11 is 0.